The van der Waals surface area contributed by atoms with E-state index >= 15 is 0 Å². The van der Waals surface area contributed by atoms with Crippen molar-refractivity contribution >= 4 is 10.9 Å². The first kappa shape index (κ1) is 14.3. The van der Waals surface area contributed by atoms with Gasteiger partial charge in [-0.3, -0.25) is 4.79 Å². The van der Waals surface area contributed by atoms with Crippen LogP contribution in [0.25, 0.3) is 10.9 Å². The van der Waals surface area contributed by atoms with Crippen LogP contribution in [0.2, 0.25) is 0 Å². The summed E-state index contributed by atoms with van der Waals surface area (Å²) >= 11 is 0. The minimum atomic E-state index is 0.103. The average Bonchev–Trinajstić information content (AvgIpc) is 2.54. The number of fused-ring (bicyclic) bond motifs is 1. The Morgan fingerprint density at radius 2 is 1.86 bits per heavy atom. The van der Waals surface area contributed by atoms with E-state index in [1.807, 2.05) is 28.8 Å². The number of hydrogen-bond acceptors (Lipinski definition) is 2. The summed E-state index contributed by atoms with van der Waals surface area (Å²) in [6.07, 6.45) is 7.75. The number of para-hydroxylation sites is 1. The molecule has 3 heteroatoms. The molecule has 1 aliphatic carbocycles. The molecule has 0 unspecified atom stereocenters. The lowest BCUT2D eigenvalue weighted by molar-refractivity contribution is 0.369. The Hall–Kier alpha value is -1.61. The molecular weight excluding hydrogens is 260 g/mol. The van der Waals surface area contributed by atoms with E-state index in [0.717, 1.165) is 30.4 Å². The number of rotatable bonds is 5. The fourth-order valence-corrected chi connectivity index (χ4v) is 3.32. The molecule has 0 saturated heterocycles. The second-order valence-electron chi connectivity index (χ2n) is 6.02. The van der Waals surface area contributed by atoms with Gasteiger partial charge in [0.2, 0.25) is 0 Å². The Bertz CT molecular complexity index is 641. The summed E-state index contributed by atoms with van der Waals surface area (Å²) < 4.78 is 1.90. The summed E-state index contributed by atoms with van der Waals surface area (Å²) in [7, 11) is 0. The number of aromatic nitrogens is 1. The van der Waals surface area contributed by atoms with Gasteiger partial charge in [-0.25, -0.2) is 0 Å². The van der Waals surface area contributed by atoms with E-state index in [1.54, 1.807) is 6.07 Å². The first-order valence-corrected chi connectivity index (χ1v) is 8.16. The van der Waals surface area contributed by atoms with Gasteiger partial charge in [-0.1, -0.05) is 37.5 Å². The molecule has 3 rings (SSSR count). The molecule has 0 atom stereocenters. The van der Waals surface area contributed by atoms with E-state index in [9.17, 15) is 4.79 Å². The molecule has 21 heavy (non-hydrogen) atoms. The molecule has 0 spiro atoms. The Kier molecular flexibility index (Phi) is 4.71. The molecule has 0 amide bonds. The van der Waals surface area contributed by atoms with Crippen molar-refractivity contribution in [2.45, 2.75) is 51.1 Å². The van der Waals surface area contributed by atoms with Crippen molar-refractivity contribution in [2.24, 2.45) is 0 Å². The molecule has 2 aromatic rings. The van der Waals surface area contributed by atoms with Crippen molar-refractivity contribution in [3.8, 4) is 0 Å². The van der Waals surface area contributed by atoms with E-state index in [0.29, 0.717) is 6.04 Å². The molecule has 0 radical (unpaired) electrons. The lowest BCUT2D eigenvalue weighted by atomic mass is 9.95. The van der Waals surface area contributed by atoms with Gasteiger partial charge < -0.3 is 9.88 Å². The lowest BCUT2D eigenvalue weighted by Crippen LogP contribution is -2.32. The van der Waals surface area contributed by atoms with Crippen LogP contribution < -0.4 is 10.9 Å². The molecule has 1 N–H and O–H groups in total. The van der Waals surface area contributed by atoms with Crippen molar-refractivity contribution < 1.29 is 0 Å². The summed E-state index contributed by atoms with van der Waals surface area (Å²) in [5.41, 5.74) is 1.15. The number of benzene rings is 1. The van der Waals surface area contributed by atoms with Crippen LogP contribution >= 0.6 is 0 Å². The summed E-state index contributed by atoms with van der Waals surface area (Å²) in [4.78, 5) is 12.1. The number of nitrogens with zero attached hydrogens (tertiary/aromatic N) is 1. The lowest BCUT2D eigenvalue weighted by Gasteiger charge is -2.22. The van der Waals surface area contributed by atoms with Gasteiger partial charge in [0.15, 0.2) is 0 Å². The molecule has 3 nitrogen and oxygen atoms in total. The molecule has 1 aromatic heterocycles. The quantitative estimate of drug-likeness (QED) is 0.855. The molecule has 1 aromatic carbocycles. The van der Waals surface area contributed by atoms with Crippen LogP contribution in [0.3, 0.4) is 0 Å². The van der Waals surface area contributed by atoms with Gasteiger partial charge in [0.05, 0.1) is 5.52 Å². The summed E-state index contributed by atoms with van der Waals surface area (Å²) in [6, 6.07) is 12.4. The fraction of sp³-hybridized carbons (Fsp3) is 0.500. The Balaban J connectivity index is 1.60. The van der Waals surface area contributed by atoms with Gasteiger partial charge in [0.25, 0.3) is 5.56 Å². The topological polar surface area (TPSA) is 34.0 Å². The summed E-state index contributed by atoms with van der Waals surface area (Å²) in [6.45, 7) is 1.79. The normalized spacial score (nSPS) is 16.4. The van der Waals surface area contributed by atoms with E-state index in [-0.39, 0.29) is 5.56 Å². The third-order valence-corrected chi connectivity index (χ3v) is 4.50. The minimum Gasteiger partial charge on any atom is -0.314 e. The third kappa shape index (κ3) is 3.53. The van der Waals surface area contributed by atoms with E-state index in [1.165, 1.54) is 32.1 Å². The Morgan fingerprint density at radius 3 is 2.71 bits per heavy atom. The van der Waals surface area contributed by atoms with Crippen LogP contribution in [0.4, 0.5) is 0 Å². The Labute approximate surface area is 126 Å². The molecule has 0 bridgehead atoms. The van der Waals surface area contributed by atoms with Crippen molar-refractivity contribution in [2.75, 3.05) is 6.54 Å². The number of nitrogens with one attached hydrogen (secondary N) is 1. The first-order valence-electron chi connectivity index (χ1n) is 8.16. The highest BCUT2D eigenvalue weighted by molar-refractivity contribution is 5.78. The maximum absolute atomic E-state index is 12.1. The maximum atomic E-state index is 12.1. The van der Waals surface area contributed by atoms with Gasteiger partial charge in [-0.2, -0.15) is 0 Å². The molecule has 1 aliphatic rings. The minimum absolute atomic E-state index is 0.103. The monoisotopic (exact) mass is 284 g/mol. The van der Waals surface area contributed by atoms with E-state index < -0.39 is 0 Å². The molecule has 1 heterocycles. The SMILES string of the molecule is O=c1ccc2ccccc2n1CCCNC1CCCCC1. The van der Waals surface area contributed by atoms with Crippen LogP contribution in [-0.4, -0.2) is 17.2 Å². The first-order chi connectivity index (χ1) is 10.3. The van der Waals surface area contributed by atoms with Crippen molar-refractivity contribution in [3.63, 3.8) is 0 Å². The zero-order valence-corrected chi connectivity index (χ0v) is 12.6. The predicted octanol–water partition coefficient (Wildman–Crippen LogP) is 3.31. The van der Waals surface area contributed by atoms with E-state index in [4.69, 9.17) is 0 Å². The average molecular weight is 284 g/mol. The molecule has 112 valence electrons. The van der Waals surface area contributed by atoms with Gasteiger partial charge in [0.1, 0.15) is 0 Å². The maximum Gasteiger partial charge on any atom is 0.251 e. The molecular formula is C18H24N2O. The van der Waals surface area contributed by atoms with Gasteiger partial charge in [-0.15, -0.1) is 0 Å². The van der Waals surface area contributed by atoms with Crippen LogP contribution in [0, 0.1) is 0 Å². The Morgan fingerprint density at radius 1 is 1.05 bits per heavy atom. The zero-order valence-electron chi connectivity index (χ0n) is 12.6. The van der Waals surface area contributed by atoms with Crippen LogP contribution in [0.5, 0.6) is 0 Å². The van der Waals surface area contributed by atoms with Crippen molar-refractivity contribution in [1.29, 1.82) is 0 Å². The largest absolute Gasteiger partial charge is 0.314 e. The van der Waals surface area contributed by atoms with Crippen molar-refractivity contribution in [3.05, 3.63) is 46.8 Å². The summed E-state index contributed by atoms with van der Waals surface area (Å²) in [5.74, 6) is 0. The van der Waals surface area contributed by atoms with Gasteiger partial charge >= 0.3 is 0 Å². The van der Waals surface area contributed by atoms with E-state index in [2.05, 4.69) is 11.4 Å². The smallest absolute Gasteiger partial charge is 0.251 e. The third-order valence-electron chi connectivity index (χ3n) is 4.50. The molecule has 1 saturated carbocycles. The molecule has 0 aliphatic heterocycles. The standard InChI is InChI=1S/C18H24N2O/c21-18-12-11-15-7-4-5-10-17(15)20(18)14-6-13-19-16-8-2-1-3-9-16/h4-5,7,10-12,16,19H,1-3,6,8-9,13-14H2. The van der Waals surface area contributed by atoms with Crippen LogP contribution in [0.1, 0.15) is 38.5 Å². The number of pyridine rings is 1. The zero-order chi connectivity index (χ0) is 14.5. The van der Waals surface area contributed by atoms with Crippen molar-refractivity contribution in [1.82, 2.24) is 9.88 Å². The highest BCUT2D eigenvalue weighted by Crippen LogP contribution is 2.17. The van der Waals surface area contributed by atoms with Gasteiger partial charge in [0, 0.05) is 18.7 Å². The van der Waals surface area contributed by atoms with Gasteiger partial charge in [-0.05, 0) is 43.3 Å². The summed E-state index contributed by atoms with van der Waals surface area (Å²) in [5, 5.41) is 4.78. The highest BCUT2D eigenvalue weighted by Gasteiger charge is 2.11. The highest BCUT2D eigenvalue weighted by atomic mass is 16.1. The van der Waals surface area contributed by atoms with Crippen LogP contribution in [0.15, 0.2) is 41.2 Å². The van der Waals surface area contributed by atoms with Crippen LogP contribution in [-0.2, 0) is 6.54 Å². The number of aryl methyl sites for hydroxylation is 1. The number of hydrogen-bond donors (Lipinski definition) is 1. The predicted molar refractivity (Wildman–Crippen MR) is 87.7 cm³/mol. The second-order valence-corrected chi connectivity index (χ2v) is 6.02. The second kappa shape index (κ2) is 6.90. The molecule has 1 fully saturated rings. The fourth-order valence-electron chi connectivity index (χ4n) is 3.32.